The van der Waals surface area contributed by atoms with Crippen LogP contribution in [0.3, 0.4) is 0 Å². The molecule has 0 N–H and O–H groups in total. The Bertz CT molecular complexity index is 3430. The van der Waals surface area contributed by atoms with Gasteiger partial charge >= 0.3 is 0 Å². The normalized spacial score (nSPS) is 17.4. The van der Waals surface area contributed by atoms with Gasteiger partial charge in [-0.05, 0) is 89.1 Å². The number of anilines is 2. The molecule has 8 aromatic rings. The summed E-state index contributed by atoms with van der Waals surface area (Å²) in [5.41, 5.74) is 2.18. The van der Waals surface area contributed by atoms with Crippen LogP contribution in [0, 0.1) is 11.6 Å². The highest BCUT2D eigenvalue weighted by atomic mass is 32.2. The monoisotopic (exact) mass is 1190 g/mol. The Hall–Kier alpha value is -8.34. The van der Waals surface area contributed by atoms with Gasteiger partial charge in [-0.15, -0.1) is 20.4 Å². The Kier molecular flexibility index (Phi) is 19.0. The fraction of sp³-hybridized carbons (Fsp3) is 0.393. The Morgan fingerprint density at radius 1 is 0.500 bits per heavy atom. The predicted octanol–water partition coefficient (Wildman–Crippen LogP) is 6.53. The number of benzene rings is 2. The van der Waals surface area contributed by atoms with Gasteiger partial charge in [0.05, 0.1) is 88.1 Å². The molecule has 444 valence electrons. The first kappa shape index (κ1) is 60.3. The summed E-state index contributed by atoms with van der Waals surface area (Å²) in [7, 11) is -1.65. The highest BCUT2D eigenvalue weighted by Gasteiger charge is 2.41. The number of methoxy groups -OCH3 is 4. The van der Waals surface area contributed by atoms with Gasteiger partial charge in [0.2, 0.25) is 11.9 Å². The molecule has 24 nitrogen and oxygen atoms in total. The summed E-state index contributed by atoms with van der Waals surface area (Å²) in [5, 5.41) is 15.7. The quantitative estimate of drug-likeness (QED) is 0.0785. The van der Waals surface area contributed by atoms with Crippen molar-refractivity contribution in [1.29, 1.82) is 0 Å². The van der Waals surface area contributed by atoms with Crippen molar-refractivity contribution in [3.05, 3.63) is 134 Å². The molecule has 4 atom stereocenters. The van der Waals surface area contributed by atoms with Crippen LogP contribution in [0.5, 0.6) is 23.0 Å². The van der Waals surface area contributed by atoms with E-state index in [9.17, 15) is 25.6 Å². The largest absolute Gasteiger partial charge is 0.494 e. The Morgan fingerprint density at radius 2 is 0.857 bits per heavy atom. The second-order valence-corrected chi connectivity index (χ2v) is 24.8. The summed E-state index contributed by atoms with van der Waals surface area (Å²) < 4.78 is 121. The minimum Gasteiger partial charge on any atom is -0.494 e. The van der Waals surface area contributed by atoms with E-state index in [4.69, 9.17) is 28.4 Å². The summed E-state index contributed by atoms with van der Waals surface area (Å²) in [6, 6.07) is 17.7. The van der Waals surface area contributed by atoms with Crippen LogP contribution in [0.4, 0.5) is 20.7 Å². The first-order valence-corrected chi connectivity index (χ1v) is 30.1. The number of sulfone groups is 2. The predicted molar refractivity (Wildman–Crippen MR) is 306 cm³/mol. The van der Waals surface area contributed by atoms with Gasteiger partial charge in [0.1, 0.15) is 45.9 Å². The average Bonchev–Trinajstić information content (AvgIpc) is 3.37. The second-order valence-electron chi connectivity index (χ2n) is 20.2. The molecule has 8 heterocycles. The van der Waals surface area contributed by atoms with E-state index in [1.54, 1.807) is 92.3 Å². The minimum absolute atomic E-state index is 0.105. The maximum absolute atomic E-state index is 14.1. The molecule has 2 fully saturated rings. The van der Waals surface area contributed by atoms with Gasteiger partial charge in [-0.2, -0.15) is 0 Å². The fourth-order valence-corrected chi connectivity index (χ4v) is 13.5. The SMILES string of the molecule is COc1cccc(OC)c1-n1c(CS(=O)(=O)[C@@H]2C[C@@H](OC(C)C)CN(c3ncc(F)cn3)C2)nnc1-c1cccnc1.COc1cccc(OC)c1-n1c(CS(=O)(=O)[C@@H]2C[C@@H](OC(C)C)CN(c3ncc(F)cn3)C2)nnc1-c1cccnc1. The summed E-state index contributed by atoms with van der Waals surface area (Å²) in [4.78, 5) is 28.1. The van der Waals surface area contributed by atoms with Crippen LogP contribution in [0.15, 0.2) is 110 Å². The number of hydrogen-bond donors (Lipinski definition) is 0. The van der Waals surface area contributed by atoms with Gasteiger partial charge in [-0.3, -0.25) is 19.1 Å². The number of piperidine rings is 2. The van der Waals surface area contributed by atoms with Gasteiger partial charge in [-0.25, -0.2) is 45.6 Å². The van der Waals surface area contributed by atoms with E-state index >= 15 is 0 Å². The molecule has 0 aliphatic carbocycles. The molecule has 2 aliphatic heterocycles. The molecule has 2 aliphatic rings. The number of nitrogens with zero attached hydrogens (tertiary/aromatic N) is 14. The molecule has 0 bridgehead atoms. The molecule has 0 amide bonds. The smallest absolute Gasteiger partial charge is 0.225 e. The molecule has 10 rings (SSSR count). The molecule has 0 saturated carbocycles. The summed E-state index contributed by atoms with van der Waals surface area (Å²) in [6.45, 7) is 8.51. The van der Waals surface area contributed by atoms with Crippen molar-refractivity contribution in [2.75, 3.05) is 64.4 Å². The zero-order chi connectivity index (χ0) is 59.7. The van der Waals surface area contributed by atoms with E-state index in [1.165, 1.54) is 28.4 Å². The standard InChI is InChI=1S/2C28H32FN7O5S/c2*1-18(2)41-21-11-22(16-35(15-21)28-31-13-20(29)14-32-28)42(37,38)17-25-33-34-27(19-7-6-10-30-12-19)36(25)26-23(39-3)8-5-9-24(26)40-4/h2*5-10,12-14,18,21-22H,11,15-17H2,1-4H3/t2*21-,22-/m11/s1. The van der Waals surface area contributed by atoms with Gasteiger partial charge in [0.15, 0.2) is 54.6 Å². The summed E-state index contributed by atoms with van der Waals surface area (Å²) in [5.74, 6) is 1.32. The average molecular weight is 1200 g/mol. The molecular weight excluding hydrogens is 1130 g/mol. The lowest BCUT2D eigenvalue weighted by Crippen LogP contribution is -2.51. The van der Waals surface area contributed by atoms with Crippen molar-refractivity contribution < 1.29 is 54.0 Å². The Balaban J connectivity index is 0.000000202. The number of pyridine rings is 2. The van der Waals surface area contributed by atoms with Gasteiger partial charge < -0.3 is 38.2 Å². The van der Waals surface area contributed by atoms with Crippen LogP contribution >= 0.6 is 0 Å². The third-order valence-electron chi connectivity index (χ3n) is 13.7. The van der Waals surface area contributed by atoms with Crippen molar-refractivity contribution in [3.8, 4) is 57.1 Å². The summed E-state index contributed by atoms with van der Waals surface area (Å²) >= 11 is 0. The number of hydrogen-bond acceptors (Lipinski definition) is 22. The van der Waals surface area contributed by atoms with E-state index < -0.39 is 65.5 Å². The van der Waals surface area contributed by atoms with Gasteiger partial charge in [0.25, 0.3) is 0 Å². The molecule has 0 spiro atoms. The van der Waals surface area contributed by atoms with Crippen LogP contribution in [-0.2, 0) is 40.7 Å². The highest BCUT2D eigenvalue weighted by molar-refractivity contribution is 7.91. The van der Waals surface area contributed by atoms with E-state index in [0.717, 1.165) is 24.8 Å². The van der Waals surface area contributed by atoms with Crippen molar-refractivity contribution in [1.82, 2.24) is 59.4 Å². The van der Waals surface area contributed by atoms with E-state index in [0.29, 0.717) is 70.2 Å². The summed E-state index contributed by atoms with van der Waals surface area (Å²) in [6.07, 6.45) is 10.2. The first-order chi connectivity index (χ1) is 40.4. The third kappa shape index (κ3) is 13.8. The third-order valence-corrected chi connectivity index (χ3v) is 17.7. The topological polar surface area (TPSA) is 269 Å². The highest BCUT2D eigenvalue weighted by Crippen LogP contribution is 2.39. The molecule has 28 heteroatoms. The number of halogens is 2. The molecule has 6 aromatic heterocycles. The fourth-order valence-electron chi connectivity index (χ4n) is 10.1. The lowest BCUT2D eigenvalue weighted by atomic mass is 10.1. The van der Waals surface area contributed by atoms with Gasteiger partial charge in [-0.1, -0.05) is 12.1 Å². The van der Waals surface area contributed by atoms with Crippen molar-refractivity contribution >= 4 is 31.6 Å². The molecule has 0 unspecified atom stereocenters. The molecule has 84 heavy (non-hydrogen) atoms. The zero-order valence-corrected chi connectivity index (χ0v) is 49.1. The van der Waals surface area contributed by atoms with Crippen LogP contribution in [0.1, 0.15) is 52.2 Å². The molecule has 0 radical (unpaired) electrons. The van der Waals surface area contributed by atoms with Gasteiger partial charge in [0, 0.05) is 62.1 Å². The van der Waals surface area contributed by atoms with Crippen LogP contribution in [0.2, 0.25) is 0 Å². The first-order valence-electron chi connectivity index (χ1n) is 26.7. The zero-order valence-electron chi connectivity index (χ0n) is 47.4. The number of para-hydroxylation sites is 2. The van der Waals surface area contributed by atoms with Crippen molar-refractivity contribution in [3.63, 3.8) is 0 Å². The Morgan fingerprint density at radius 3 is 1.17 bits per heavy atom. The lowest BCUT2D eigenvalue weighted by Gasteiger charge is -2.38. The number of rotatable bonds is 20. The van der Waals surface area contributed by atoms with E-state index in [1.807, 2.05) is 39.8 Å². The maximum Gasteiger partial charge on any atom is 0.225 e. The Labute approximate surface area is 485 Å². The van der Waals surface area contributed by atoms with Crippen LogP contribution < -0.4 is 28.7 Å². The molecular formula is C56H64F2N14O10S2. The van der Waals surface area contributed by atoms with Crippen molar-refractivity contribution in [2.24, 2.45) is 0 Å². The van der Waals surface area contributed by atoms with E-state index in [2.05, 4.69) is 50.3 Å². The number of ether oxygens (including phenoxy) is 6. The lowest BCUT2D eigenvalue weighted by molar-refractivity contribution is 0.00120. The van der Waals surface area contributed by atoms with Crippen LogP contribution in [0.25, 0.3) is 34.2 Å². The van der Waals surface area contributed by atoms with Crippen LogP contribution in [-0.4, -0.2) is 166 Å². The number of aromatic nitrogens is 12. The minimum atomic E-state index is -3.86. The second kappa shape index (κ2) is 26.5. The molecule has 2 saturated heterocycles. The van der Waals surface area contributed by atoms with Crippen molar-refractivity contribution in [2.45, 2.75) is 87.0 Å². The van der Waals surface area contributed by atoms with E-state index in [-0.39, 0.29) is 61.7 Å². The maximum atomic E-state index is 14.1. The molecule has 2 aromatic carbocycles.